The summed E-state index contributed by atoms with van der Waals surface area (Å²) in [5, 5.41) is 0. The smallest absolute Gasteiger partial charge is 0.337 e. The van der Waals surface area contributed by atoms with E-state index in [2.05, 4.69) is 4.98 Å². The van der Waals surface area contributed by atoms with Gasteiger partial charge in [-0.1, -0.05) is 6.07 Å². The fourth-order valence-electron chi connectivity index (χ4n) is 3.50. The van der Waals surface area contributed by atoms with Crippen LogP contribution in [0, 0.1) is 5.82 Å². The number of carbonyl (C=O) groups excluding carboxylic acids is 1. The SMILES string of the molecule is CC1=C(CC(=O)On2ccnc2)c2cc(F)ccc2/C1=C\c1ccc([S+](C)[O-])cc1. The van der Waals surface area contributed by atoms with Crippen LogP contribution in [0.2, 0.25) is 0 Å². The van der Waals surface area contributed by atoms with Crippen molar-refractivity contribution in [2.24, 2.45) is 0 Å². The van der Waals surface area contributed by atoms with Crippen molar-refractivity contribution in [2.45, 2.75) is 18.2 Å². The van der Waals surface area contributed by atoms with Gasteiger partial charge in [-0.3, -0.25) is 0 Å². The number of allylic oxidation sites excluding steroid dienone is 2. The lowest BCUT2D eigenvalue weighted by molar-refractivity contribution is -0.142. The van der Waals surface area contributed by atoms with E-state index in [9.17, 15) is 13.7 Å². The summed E-state index contributed by atoms with van der Waals surface area (Å²) < 4.78 is 26.8. The highest BCUT2D eigenvalue weighted by Gasteiger charge is 2.26. The molecule has 1 aliphatic carbocycles. The van der Waals surface area contributed by atoms with Crippen LogP contribution in [-0.2, 0) is 16.0 Å². The molecule has 0 spiro atoms. The first-order valence-electron chi connectivity index (χ1n) is 9.27. The summed E-state index contributed by atoms with van der Waals surface area (Å²) in [6.07, 6.45) is 8.06. The van der Waals surface area contributed by atoms with E-state index < -0.39 is 17.1 Å². The molecule has 0 fully saturated rings. The third-order valence-corrected chi connectivity index (χ3v) is 5.92. The fraction of sp³-hybridized carbons (Fsp3) is 0.130. The van der Waals surface area contributed by atoms with E-state index in [4.69, 9.17) is 4.84 Å². The maximum Gasteiger partial charge on any atom is 0.337 e. The Morgan fingerprint density at radius 1 is 1.23 bits per heavy atom. The van der Waals surface area contributed by atoms with Gasteiger partial charge in [-0.2, -0.15) is 4.73 Å². The predicted molar refractivity (Wildman–Crippen MR) is 114 cm³/mol. The van der Waals surface area contributed by atoms with E-state index in [1.807, 2.05) is 37.3 Å². The summed E-state index contributed by atoms with van der Waals surface area (Å²) in [4.78, 5) is 22.3. The van der Waals surface area contributed by atoms with Crippen molar-refractivity contribution in [1.29, 1.82) is 0 Å². The molecule has 0 bridgehead atoms. The Balaban J connectivity index is 1.69. The lowest BCUT2D eigenvalue weighted by Crippen LogP contribution is -2.18. The van der Waals surface area contributed by atoms with Gasteiger partial charge in [0, 0.05) is 6.20 Å². The molecule has 30 heavy (non-hydrogen) atoms. The summed E-state index contributed by atoms with van der Waals surface area (Å²) in [5.74, 6) is -0.827. The normalized spacial score (nSPS) is 15.4. The van der Waals surface area contributed by atoms with Gasteiger partial charge in [-0.25, -0.2) is 14.2 Å². The second kappa shape index (κ2) is 8.30. The van der Waals surface area contributed by atoms with Gasteiger partial charge in [0.1, 0.15) is 18.4 Å². The Labute approximate surface area is 176 Å². The number of hydrogen-bond acceptors (Lipinski definition) is 4. The van der Waals surface area contributed by atoms with Crippen molar-refractivity contribution in [3.05, 3.63) is 89.3 Å². The Kier molecular flexibility index (Phi) is 5.57. The second-order valence-corrected chi connectivity index (χ2v) is 8.32. The summed E-state index contributed by atoms with van der Waals surface area (Å²) in [6, 6.07) is 12.0. The number of carbonyl (C=O) groups is 1. The Bertz CT molecular complexity index is 1150. The molecule has 1 atom stereocenters. The van der Waals surface area contributed by atoms with Crippen LogP contribution in [0.3, 0.4) is 0 Å². The average molecular weight is 422 g/mol. The van der Waals surface area contributed by atoms with E-state index in [0.717, 1.165) is 32.7 Å². The summed E-state index contributed by atoms with van der Waals surface area (Å²) in [6.45, 7) is 1.92. The number of hydrogen-bond donors (Lipinski definition) is 0. The van der Waals surface area contributed by atoms with E-state index in [1.54, 1.807) is 12.3 Å². The van der Waals surface area contributed by atoms with Crippen LogP contribution in [-0.4, -0.2) is 26.5 Å². The first-order valence-corrected chi connectivity index (χ1v) is 10.8. The zero-order valence-electron chi connectivity index (χ0n) is 16.5. The number of imidazole rings is 1. The molecule has 0 saturated carbocycles. The highest BCUT2D eigenvalue weighted by molar-refractivity contribution is 7.90. The quantitative estimate of drug-likeness (QED) is 0.580. The summed E-state index contributed by atoms with van der Waals surface area (Å²) >= 11 is -1.04. The van der Waals surface area contributed by atoms with Crippen LogP contribution in [0.5, 0.6) is 0 Å². The number of fused-ring (bicyclic) bond motifs is 1. The van der Waals surface area contributed by atoms with Gasteiger partial charge >= 0.3 is 5.97 Å². The Hall–Kier alpha value is -3.16. The van der Waals surface area contributed by atoms with E-state index >= 15 is 0 Å². The van der Waals surface area contributed by atoms with Crippen LogP contribution in [0.15, 0.2) is 71.7 Å². The second-order valence-electron chi connectivity index (χ2n) is 6.94. The average Bonchev–Trinajstić information content (AvgIpc) is 3.31. The van der Waals surface area contributed by atoms with Crippen molar-refractivity contribution < 1.29 is 18.6 Å². The van der Waals surface area contributed by atoms with E-state index in [0.29, 0.717) is 5.56 Å². The Morgan fingerprint density at radius 3 is 2.67 bits per heavy atom. The number of aromatic nitrogens is 2. The minimum atomic E-state index is -1.04. The third kappa shape index (κ3) is 4.08. The van der Waals surface area contributed by atoms with Gasteiger partial charge in [-0.15, -0.1) is 0 Å². The van der Waals surface area contributed by atoms with Gasteiger partial charge in [0.25, 0.3) is 0 Å². The summed E-state index contributed by atoms with van der Waals surface area (Å²) in [5.41, 5.74) is 5.01. The topological polar surface area (TPSA) is 67.2 Å². The van der Waals surface area contributed by atoms with Crippen LogP contribution in [0.25, 0.3) is 17.2 Å². The molecule has 1 heterocycles. The number of nitrogens with zero attached hydrogens (tertiary/aromatic N) is 2. The first kappa shape index (κ1) is 20.1. The van der Waals surface area contributed by atoms with Gasteiger partial charge < -0.3 is 9.39 Å². The molecule has 0 N–H and O–H groups in total. The molecule has 1 unspecified atom stereocenters. The molecule has 2 aromatic carbocycles. The van der Waals surface area contributed by atoms with Crippen LogP contribution >= 0.6 is 0 Å². The molecule has 0 amide bonds. The van der Waals surface area contributed by atoms with Crippen LogP contribution in [0.4, 0.5) is 4.39 Å². The van der Waals surface area contributed by atoms with Crippen molar-refractivity contribution in [3.8, 4) is 0 Å². The number of rotatable bonds is 5. The summed E-state index contributed by atoms with van der Waals surface area (Å²) in [7, 11) is 0. The Morgan fingerprint density at radius 2 is 2.00 bits per heavy atom. The zero-order chi connectivity index (χ0) is 21.3. The lowest BCUT2D eigenvalue weighted by Gasteiger charge is -2.07. The van der Waals surface area contributed by atoms with Crippen molar-refractivity contribution in [2.75, 3.05) is 6.26 Å². The van der Waals surface area contributed by atoms with E-state index in [1.165, 1.54) is 35.6 Å². The van der Waals surface area contributed by atoms with E-state index in [-0.39, 0.29) is 12.2 Å². The molecular weight excluding hydrogens is 403 g/mol. The minimum absolute atomic E-state index is 0.00552. The maximum atomic E-state index is 14.0. The van der Waals surface area contributed by atoms with Gasteiger partial charge in [0.15, 0.2) is 4.90 Å². The van der Waals surface area contributed by atoms with Gasteiger partial charge in [0.05, 0.1) is 12.6 Å². The van der Waals surface area contributed by atoms with Crippen molar-refractivity contribution in [1.82, 2.24) is 9.71 Å². The monoisotopic (exact) mass is 422 g/mol. The first-order chi connectivity index (χ1) is 14.4. The van der Waals surface area contributed by atoms with Gasteiger partial charge in [-0.05, 0) is 94.0 Å². The molecule has 3 aromatic rings. The van der Waals surface area contributed by atoms with Crippen molar-refractivity contribution in [3.63, 3.8) is 0 Å². The number of halogens is 1. The molecule has 5 nitrogen and oxygen atoms in total. The third-order valence-electron chi connectivity index (χ3n) is 4.99. The largest absolute Gasteiger partial charge is 0.612 e. The maximum absolute atomic E-state index is 14.0. The standard InChI is InChI=1S/C23H19FN2O3S/c1-15-20(11-16-3-6-18(7-4-16)30(2)28)19-8-5-17(24)12-22(19)21(15)13-23(27)29-26-10-9-25-14-26/h3-12,14H,13H2,1-2H3/b20-11-. The lowest BCUT2D eigenvalue weighted by atomic mass is 10.0. The molecule has 4 rings (SSSR count). The highest BCUT2D eigenvalue weighted by atomic mass is 32.2. The molecule has 0 aliphatic heterocycles. The molecule has 1 aromatic heterocycles. The molecule has 7 heteroatoms. The van der Waals surface area contributed by atoms with Gasteiger partial charge in [0.2, 0.25) is 0 Å². The zero-order valence-corrected chi connectivity index (χ0v) is 17.3. The predicted octanol–water partition coefficient (Wildman–Crippen LogP) is 4.13. The fourth-order valence-corrected chi connectivity index (χ4v) is 4.02. The molecule has 1 aliphatic rings. The van der Waals surface area contributed by atoms with Crippen LogP contribution in [0.1, 0.15) is 30.0 Å². The van der Waals surface area contributed by atoms with Crippen LogP contribution < -0.4 is 4.84 Å². The molecule has 0 radical (unpaired) electrons. The van der Waals surface area contributed by atoms with Crippen molar-refractivity contribution >= 4 is 34.4 Å². The molecule has 152 valence electrons. The molecular formula is C23H19FN2O3S. The number of benzene rings is 2. The minimum Gasteiger partial charge on any atom is -0.612 e. The highest BCUT2D eigenvalue weighted by Crippen LogP contribution is 2.43. The molecule has 0 saturated heterocycles.